The Morgan fingerprint density at radius 2 is 2.19 bits per heavy atom. The van der Waals surface area contributed by atoms with Gasteiger partial charge in [0.05, 0.1) is 11.3 Å². The number of rotatable bonds is 3. The highest BCUT2D eigenvalue weighted by molar-refractivity contribution is 9.10. The number of halogens is 4. The van der Waals surface area contributed by atoms with Crippen LogP contribution < -0.4 is 10.6 Å². The van der Waals surface area contributed by atoms with E-state index >= 15 is 0 Å². The van der Waals surface area contributed by atoms with Crippen LogP contribution in [-0.2, 0) is 11.0 Å². The second-order valence-electron chi connectivity index (χ2n) is 5.15. The lowest BCUT2D eigenvalue weighted by molar-refractivity contribution is -0.137. The smallest absolute Gasteiger partial charge is 0.325 e. The molecule has 2 N–H and O–H groups in total. The lowest BCUT2D eigenvalue weighted by Gasteiger charge is -2.22. The Morgan fingerprint density at radius 3 is 2.81 bits per heavy atom. The number of carbonyl (C=O) groups excluding carboxylic acids is 1. The molecule has 1 aromatic carbocycles. The zero-order chi connectivity index (χ0) is 15.5. The Kier molecular flexibility index (Phi) is 5.27. The maximum Gasteiger partial charge on any atom is 0.418 e. The van der Waals surface area contributed by atoms with Gasteiger partial charge >= 0.3 is 6.18 Å². The quantitative estimate of drug-likeness (QED) is 0.856. The molecule has 21 heavy (non-hydrogen) atoms. The van der Waals surface area contributed by atoms with Crippen LogP contribution >= 0.6 is 15.9 Å². The molecule has 0 aliphatic carbocycles. The highest BCUT2D eigenvalue weighted by atomic mass is 79.9. The van der Waals surface area contributed by atoms with Crippen molar-refractivity contribution in [3.05, 3.63) is 28.2 Å². The van der Waals surface area contributed by atoms with Crippen LogP contribution in [0.5, 0.6) is 0 Å². The summed E-state index contributed by atoms with van der Waals surface area (Å²) < 4.78 is 39.2. The molecular formula is C14H16BrF3N2O. The van der Waals surface area contributed by atoms with E-state index in [4.69, 9.17) is 0 Å². The fraction of sp³-hybridized carbons (Fsp3) is 0.500. The molecule has 0 saturated carbocycles. The average Bonchev–Trinajstić information content (AvgIpc) is 2.40. The van der Waals surface area contributed by atoms with E-state index in [1.54, 1.807) is 0 Å². The third-order valence-electron chi connectivity index (χ3n) is 3.43. The van der Waals surface area contributed by atoms with E-state index in [9.17, 15) is 18.0 Å². The second kappa shape index (κ2) is 6.79. The monoisotopic (exact) mass is 364 g/mol. The molecule has 0 spiro atoms. The lowest BCUT2D eigenvalue weighted by Crippen LogP contribution is -2.32. The van der Waals surface area contributed by atoms with Crippen molar-refractivity contribution in [1.82, 2.24) is 5.32 Å². The summed E-state index contributed by atoms with van der Waals surface area (Å²) in [6, 6.07) is 3.72. The second-order valence-corrected chi connectivity index (χ2v) is 6.07. The number of hydrogen-bond acceptors (Lipinski definition) is 2. The SMILES string of the molecule is O=C(CC1CCCNC1)Nc1ccc(Br)cc1C(F)(F)F. The van der Waals surface area contributed by atoms with Gasteiger partial charge in [-0.25, -0.2) is 0 Å². The molecule has 2 rings (SSSR count). The van der Waals surface area contributed by atoms with Crippen molar-refractivity contribution in [3.8, 4) is 0 Å². The third kappa shape index (κ3) is 4.71. The summed E-state index contributed by atoms with van der Waals surface area (Å²) in [7, 11) is 0. The van der Waals surface area contributed by atoms with E-state index in [-0.39, 0.29) is 23.9 Å². The molecule has 3 nitrogen and oxygen atoms in total. The van der Waals surface area contributed by atoms with Crippen molar-refractivity contribution in [2.24, 2.45) is 5.92 Å². The maximum atomic E-state index is 13.0. The summed E-state index contributed by atoms with van der Waals surface area (Å²) in [6.07, 6.45) is -2.35. The van der Waals surface area contributed by atoms with Crippen molar-refractivity contribution in [3.63, 3.8) is 0 Å². The molecule has 1 heterocycles. The predicted octanol–water partition coefficient (Wildman–Crippen LogP) is 3.80. The van der Waals surface area contributed by atoms with Gasteiger partial charge in [0.25, 0.3) is 0 Å². The van der Waals surface area contributed by atoms with Gasteiger partial charge in [-0.2, -0.15) is 13.2 Å². The molecule has 1 aromatic rings. The fourth-order valence-corrected chi connectivity index (χ4v) is 2.78. The van der Waals surface area contributed by atoms with Gasteiger partial charge in [0.15, 0.2) is 0 Å². The zero-order valence-electron chi connectivity index (χ0n) is 11.3. The number of nitrogens with one attached hydrogen (secondary N) is 2. The minimum Gasteiger partial charge on any atom is -0.325 e. The van der Waals surface area contributed by atoms with Crippen LogP contribution in [0.25, 0.3) is 0 Å². The molecule has 0 bridgehead atoms. The van der Waals surface area contributed by atoms with Gasteiger partial charge in [0.1, 0.15) is 0 Å². The van der Waals surface area contributed by atoms with Crippen molar-refractivity contribution in [2.75, 3.05) is 18.4 Å². The molecule has 1 saturated heterocycles. The number of alkyl halides is 3. The van der Waals surface area contributed by atoms with Crippen LogP contribution in [0, 0.1) is 5.92 Å². The van der Waals surface area contributed by atoms with Crippen LogP contribution in [0.2, 0.25) is 0 Å². The van der Waals surface area contributed by atoms with Gasteiger partial charge < -0.3 is 10.6 Å². The minimum absolute atomic E-state index is 0.184. The molecule has 1 amide bonds. The van der Waals surface area contributed by atoms with Crippen LogP contribution in [0.1, 0.15) is 24.8 Å². The Bertz CT molecular complexity index is 513. The first kappa shape index (κ1) is 16.3. The van der Waals surface area contributed by atoms with Gasteiger partial charge in [-0.05, 0) is 50.0 Å². The lowest BCUT2D eigenvalue weighted by atomic mass is 9.96. The number of anilines is 1. The molecule has 0 aromatic heterocycles. The summed E-state index contributed by atoms with van der Waals surface area (Å²) in [4.78, 5) is 11.9. The highest BCUT2D eigenvalue weighted by Gasteiger charge is 2.34. The van der Waals surface area contributed by atoms with Crippen molar-refractivity contribution >= 4 is 27.5 Å². The summed E-state index contributed by atoms with van der Waals surface area (Å²) in [5.41, 5.74) is -1.04. The minimum atomic E-state index is -4.50. The van der Waals surface area contributed by atoms with Crippen LogP contribution in [0.3, 0.4) is 0 Å². The van der Waals surface area contributed by atoms with E-state index in [1.807, 2.05) is 0 Å². The number of carbonyl (C=O) groups is 1. The van der Waals surface area contributed by atoms with Crippen LogP contribution in [0.15, 0.2) is 22.7 Å². The molecule has 1 unspecified atom stereocenters. The molecule has 1 fully saturated rings. The highest BCUT2D eigenvalue weighted by Crippen LogP contribution is 2.36. The Morgan fingerprint density at radius 1 is 1.43 bits per heavy atom. The number of amides is 1. The summed E-state index contributed by atoms with van der Waals surface area (Å²) in [6.45, 7) is 1.67. The van der Waals surface area contributed by atoms with Gasteiger partial charge in [0, 0.05) is 10.9 Å². The van der Waals surface area contributed by atoms with E-state index in [1.165, 1.54) is 12.1 Å². The zero-order valence-corrected chi connectivity index (χ0v) is 12.9. The van der Waals surface area contributed by atoms with E-state index in [0.717, 1.165) is 32.0 Å². The van der Waals surface area contributed by atoms with Gasteiger partial charge in [-0.15, -0.1) is 0 Å². The Balaban J connectivity index is 2.06. The maximum absolute atomic E-state index is 13.0. The molecule has 1 aliphatic heterocycles. The summed E-state index contributed by atoms with van der Waals surface area (Å²) in [5.74, 6) is -0.194. The standard InChI is InChI=1S/C14H16BrF3N2O/c15-10-3-4-12(11(7-10)14(16,17)18)20-13(21)6-9-2-1-5-19-8-9/h3-4,7,9,19H,1-2,5-6,8H2,(H,20,21). The number of hydrogen-bond donors (Lipinski definition) is 2. The fourth-order valence-electron chi connectivity index (χ4n) is 2.42. The molecule has 1 aliphatic rings. The summed E-state index contributed by atoms with van der Waals surface area (Å²) >= 11 is 3.01. The van der Waals surface area contributed by atoms with Crippen molar-refractivity contribution in [1.29, 1.82) is 0 Å². The third-order valence-corrected chi connectivity index (χ3v) is 3.93. The van der Waals surface area contributed by atoms with Crippen LogP contribution in [-0.4, -0.2) is 19.0 Å². The predicted molar refractivity (Wildman–Crippen MR) is 78.0 cm³/mol. The van der Waals surface area contributed by atoms with Crippen molar-refractivity contribution < 1.29 is 18.0 Å². The number of benzene rings is 1. The van der Waals surface area contributed by atoms with Crippen LogP contribution in [0.4, 0.5) is 18.9 Å². The largest absolute Gasteiger partial charge is 0.418 e. The molecule has 116 valence electrons. The van der Waals surface area contributed by atoms with Gasteiger partial charge in [-0.1, -0.05) is 15.9 Å². The molecular weight excluding hydrogens is 349 g/mol. The van der Waals surface area contributed by atoms with E-state index < -0.39 is 11.7 Å². The van der Waals surface area contributed by atoms with Gasteiger partial charge in [-0.3, -0.25) is 4.79 Å². The number of piperidine rings is 1. The molecule has 7 heteroatoms. The Hall–Kier alpha value is -1.08. The first-order valence-corrected chi connectivity index (χ1v) is 7.53. The van der Waals surface area contributed by atoms with E-state index in [0.29, 0.717) is 4.47 Å². The summed E-state index contributed by atoms with van der Waals surface area (Å²) in [5, 5.41) is 5.57. The normalized spacial score (nSPS) is 19.3. The topological polar surface area (TPSA) is 41.1 Å². The molecule has 1 atom stereocenters. The van der Waals surface area contributed by atoms with E-state index in [2.05, 4.69) is 26.6 Å². The molecule has 0 radical (unpaired) electrons. The first-order chi connectivity index (χ1) is 9.86. The Labute approximate surface area is 129 Å². The average molecular weight is 365 g/mol. The first-order valence-electron chi connectivity index (χ1n) is 6.73. The van der Waals surface area contributed by atoms with Crippen molar-refractivity contribution in [2.45, 2.75) is 25.4 Å². The van der Waals surface area contributed by atoms with Gasteiger partial charge in [0.2, 0.25) is 5.91 Å².